The van der Waals surface area contributed by atoms with Crippen molar-refractivity contribution in [3.05, 3.63) is 0 Å². The van der Waals surface area contributed by atoms with E-state index >= 15 is 0 Å². The zero-order chi connectivity index (χ0) is 13.3. The van der Waals surface area contributed by atoms with Gasteiger partial charge in [0.1, 0.15) is 0 Å². The summed E-state index contributed by atoms with van der Waals surface area (Å²) < 4.78 is 17.2. The molecule has 0 unspecified atom stereocenters. The average molecular weight is 294 g/mol. The van der Waals surface area contributed by atoms with Crippen LogP contribution in [0, 0.1) is 0 Å². The Balaban J connectivity index is 2.31. The van der Waals surface area contributed by atoms with Crippen LogP contribution in [0.25, 0.3) is 0 Å². The molecule has 0 radical (unpaired) electrons. The SMILES string of the molecule is CC(=O)SCCC[Si]1(OCCCO)OCCCO1. The highest BCUT2D eigenvalue weighted by Crippen LogP contribution is 2.23. The molecule has 0 aromatic carbocycles. The van der Waals surface area contributed by atoms with Gasteiger partial charge in [-0.05, 0) is 19.3 Å². The zero-order valence-electron chi connectivity index (χ0n) is 10.9. The summed E-state index contributed by atoms with van der Waals surface area (Å²) in [5.74, 6) is 0.778. The lowest BCUT2D eigenvalue weighted by Crippen LogP contribution is -2.49. The molecule has 0 aromatic rings. The third-order valence-electron chi connectivity index (χ3n) is 2.49. The Hall–Kier alpha value is 0.0769. The van der Waals surface area contributed by atoms with Gasteiger partial charge in [0.05, 0.1) is 0 Å². The molecule has 18 heavy (non-hydrogen) atoms. The van der Waals surface area contributed by atoms with E-state index in [0.717, 1.165) is 24.6 Å². The fourth-order valence-electron chi connectivity index (χ4n) is 1.65. The monoisotopic (exact) mass is 294 g/mol. The second-order valence-electron chi connectivity index (χ2n) is 4.10. The Morgan fingerprint density at radius 2 is 2.11 bits per heavy atom. The van der Waals surface area contributed by atoms with E-state index in [9.17, 15) is 4.79 Å². The van der Waals surface area contributed by atoms with Crippen LogP contribution in [0.15, 0.2) is 0 Å². The summed E-state index contributed by atoms with van der Waals surface area (Å²) in [7, 11) is -2.53. The highest BCUT2D eigenvalue weighted by atomic mass is 32.2. The van der Waals surface area contributed by atoms with E-state index in [1.165, 1.54) is 11.8 Å². The minimum Gasteiger partial charge on any atom is -0.396 e. The van der Waals surface area contributed by atoms with Gasteiger partial charge in [0.2, 0.25) is 0 Å². The van der Waals surface area contributed by atoms with Gasteiger partial charge in [-0.1, -0.05) is 11.8 Å². The van der Waals surface area contributed by atoms with Crippen LogP contribution in [0.2, 0.25) is 6.04 Å². The number of thioether (sulfide) groups is 1. The summed E-state index contributed by atoms with van der Waals surface area (Å²) in [5.41, 5.74) is 0. The Kier molecular flexibility index (Phi) is 8.12. The van der Waals surface area contributed by atoms with Gasteiger partial charge in [-0.2, -0.15) is 0 Å². The Labute approximate surface area is 114 Å². The minimum absolute atomic E-state index is 0.116. The third kappa shape index (κ3) is 6.30. The zero-order valence-corrected chi connectivity index (χ0v) is 12.7. The predicted molar refractivity (Wildman–Crippen MR) is 72.5 cm³/mol. The van der Waals surface area contributed by atoms with Crippen molar-refractivity contribution in [3.63, 3.8) is 0 Å². The van der Waals surface area contributed by atoms with Crippen molar-refractivity contribution in [2.24, 2.45) is 0 Å². The summed E-state index contributed by atoms with van der Waals surface area (Å²) >= 11 is 1.32. The Morgan fingerprint density at radius 3 is 2.72 bits per heavy atom. The first-order chi connectivity index (χ1) is 8.68. The summed E-state index contributed by atoms with van der Waals surface area (Å²) in [6.07, 6.45) is 2.36. The van der Waals surface area contributed by atoms with E-state index in [4.69, 9.17) is 18.4 Å². The number of aliphatic hydroxyl groups is 1. The van der Waals surface area contributed by atoms with E-state index in [2.05, 4.69) is 0 Å². The number of hydrogen-bond donors (Lipinski definition) is 1. The molecule has 0 saturated carbocycles. The van der Waals surface area contributed by atoms with E-state index in [0.29, 0.717) is 26.2 Å². The molecule has 1 heterocycles. The first-order valence-electron chi connectivity index (χ1n) is 6.35. The van der Waals surface area contributed by atoms with Crippen molar-refractivity contribution in [2.45, 2.75) is 32.2 Å². The predicted octanol–water partition coefficient (Wildman–Crippen LogP) is 1.43. The number of carbonyl (C=O) groups excluding carboxylic acids is 1. The molecule has 1 saturated heterocycles. The van der Waals surface area contributed by atoms with Crippen molar-refractivity contribution in [3.8, 4) is 0 Å². The smallest absolute Gasteiger partial charge is 0.396 e. The maximum Gasteiger partial charge on any atom is 0.500 e. The Morgan fingerprint density at radius 1 is 1.39 bits per heavy atom. The van der Waals surface area contributed by atoms with Gasteiger partial charge in [0.15, 0.2) is 5.12 Å². The van der Waals surface area contributed by atoms with Crippen LogP contribution >= 0.6 is 11.8 Å². The van der Waals surface area contributed by atoms with Crippen molar-refractivity contribution >= 4 is 25.7 Å². The molecule has 0 spiro atoms. The number of aliphatic hydroxyl groups excluding tert-OH is 1. The van der Waals surface area contributed by atoms with Crippen molar-refractivity contribution < 1.29 is 23.2 Å². The third-order valence-corrected chi connectivity index (χ3v) is 6.29. The molecule has 0 amide bonds. The standard InChI is InChI=1S/C11H22O5SSi/c1-11(13)17-9-4-10-18(14-6-2-5-12)15-7-3-8-16-18/h12H,2-10H2,1H3. The van der Waals surface area contributed by atoms with E-state index in [1.807, 2.05) is 0 Å². The molecule has 0 aromatic heterocycles. The molecule has 106 valence electrons. The molecule has 1 aliphatic heterocycles. The average Bonchev–Trinajstić information content (AvgIpc) is 2.36. The molecule has 1 aliphatic rings. The summed E-state index contributed by atoms with van der Waals surface area (Å²) in [4.78, 5) is 10.8. The van der Waals surface area contributed by atoms with Gasteiger partial charge < -0.3 is 18.4 Å². The quantitative estimate of drug-likeness (QED) is 0.540. The lowest BCUT2D eigenvalue weighted by molar-refractivity contribution is -0.109. The largest absolute Gasteiger partial charge is 0.500 e. The second-order valence-corrected chi connectivity index (χ2v) is 8.11. The van der Waals surface area contributed by atoms with Gasteiger partial charge >= 0.3 is 8.80 Å². The van der Waals surface area contributed by atoms with Crippen molar-refractivity contribution in [2.75, 3.05) is 32.2 Å². The highest BCUT2D eigenvalue weighted by Gasteiger charge is 2.42. The van der Waals surface area contributed by atoms with Gasteiger partial charge in [-0.3, -0.25) is 4.79 Å². The van der Waals surface area contributed by atoms with Crippen LogP contribution in [-0.2, 0) is 18.1 Å². The van der Waals surface area contributed by atoms with Crippen molar-refractivity contribution in [1.29, 1.82) is 0 Å². The summed E-state index contributed by atoms with van der Waals surface area (Å²) in [5, 5.41) is 8.90. The van der Waals surface area contributed by atoms with Crippen LogP contribution in [0.5, 0.6) is 0 Å². The summed E-state index contributed by atoms with van der Waals surface area (Å²) in [6, 6.07) is 0.749. The van der Waals surface area contributed by atoms with E-state index in [1.54, 1.807) is 6.92 Å². The molecule has 5 nitrogen and oxygen atoms in total. The van der Waals surface area contributed by atoms with E-state index < -0.39 is 8.80 Å². The first-order valence-corrected chi connectivity index (χ1v) is 9.26. The van der Waals surface area contributed by atoms with Crippen molar-refractivity contribution in [1.82, 2.24) is 0 Å². The normalized spacial score (nSPS) is 18.8. The lowest BCUT2D eigenvalue weighted by atomic mass is 10.5. The molecular weight excluding hydrogens is 272 g/mol. The number of hydrogen-bond acceptors (Lipinski definition) is 6. The molecule has 1 N–H and O–H groups in total. The van der Waals surface area contributed by atoms with Crippen LogP contribution in [0.1, 0.15) is 26.2 Å². The topological polar surface area (TPSA) is 65.0 Å². The highest BCUT2D eigenvalue weighted by molar-refractivity contribution is 8.13. The molecule has 7 heteroatoms. The Bertz CT molecular complexity index is 246. The number of rotatable bonds is 8. The molecule has 0 bridgehead atoms. The minimum atomic E-state index is -2.53. The number of carbonyl (C=O) groups is 1. The van der Waals surface area contributed by atoms with Crippen LogP contribution in [-0.4, -0.2) is 51.2 Å². The van der Waals surface area contributed by atoms with Gasteiger partial charge in [0, 0.05) is 45.1 Å². The first kappa shape index (κ1) is 16.1. The van der Waals surface area contributed by atoms with Gasteiger partial charge in [-0.25, -0.2) is 0 Å². The second kappa shape index (κ2) is 9.06. The van der Waals surface area contributed by atoms with Crippen LogP contribution in [0.3, 0.4) is 0 Å². The fourth-order valence-corrected chi connectivity index (χ4v) is 5.14. The molecule has 1 rings (SSSR count). The summed E-state index contributed by atoms with van der Waals surface area (Å²) in [6.45, 7) is 3.53. The van der Waals surface area contributed by atoms with Crippen LogP contribution < -0.4 is 0 Å². The van der Waals surface area contributed by atoms with Gasteiger partial charge in [0.25, 0.3) is 0 Å². The fraction of sp³-hybridized carbons (Fsp3) is 0.909. The van der Waals surface area contributed by atoms with Crippen LogP contribution in [0.4, 0.5) is 0 Å². The maximum absolute atomic E-state index is 10.8. The van der Waals surface area contributed by atoms with E-state index in [-0.39, 0.29) is 11.7 Å². The lowest BCUT2D eigenvalue weighted by Gasteiger charge is -2.33. The molecule has 0 atom stereocenters. The maximum atomic E-state index is 10.8. The molecule has 1 fully saturated rings. The molecule has 0 aliphatic carbocycles. The van der Waals surface area contributed by atoms with Gasteiger partial charge in [-0.15, -0.1) is 0 Å². The molecular formula is C11H22O5SSi.